The summed E-state index contributed by atoms with van der Waals surface area (Å²) in [5, 5.41) is 10.7. The molecule has 2 nitrogen and oxygen atoms in total. The van der Waals surface area contributed by atoms with Crippen molar-refractivity contribution in [2.24, 2.45) is 0 Å². The number of hydrogen-bond donors (Lipinski definition) is 1. The summed E-state index contributed by atoms with van der Waals surface area (Å²) in [5.74, 6) is 0. The Morgan fingerprint density at radius 1 is 1.05 bits per heavy atom. The van der Waals surface area contributed by atoms with E-state index >= 15 is 0 Å². The molecule has 0 saturated heterocycles. The molecule has 0 aliphatic heterocycles. The Bertz CT molecular complexity index is 429. The third-order valence-corrected chi connectivity index (χ3v) is 4.55. The molecule has 0 spiro atoms. The minimum absolute atomic E-state index is 0.347. The van der Waals surface area contributed by atoms with Crippen LogP contribution in [-0.2, 0) is 15.9 Å². The number of benzene rings is 1. The molecule has 112 valence electrons. The Hall–Kier alpha value is -1.28. The summed E-state index contributed by atoms with van der Waals surface area (Å²) < 4.78 is 5.83. The van der Waals surface area contributed by atoms with Crippen LogP contribution in [0.15, 0.2) is 37.1 Å². The quantitative estimate of drug-likeness (QED) is 0.686. The first-order valence-corrected chi connectivity index (χ1v) is 7.64. The smallest absolute Gasteiger partial charge is 0.133 e. The average Bonchev–Trinajstić information content (AvgIpc) is 2.52. The molecule has 0 amide bonds. The van der Waals surface area contributed by atoms with Gasteiger partial charge in [-0.3, -0.25) is 0 Å². The summed E-state index contributed by atoms with van der Waals surface area (Å²) in [6.45, 7) is 12.0. The number of aliphatic hydroxyl groups is 1. The van der Waals surface area contributed by atoms with Crippen molar-refractivity contribution >= 4 is 0 Å². The highest BCUT2D eigenvalue weighted by Gasteiger charge is 2.32. The molecule has 1 rings (SSSR count). The Kier molecular flexibility index (Phi) is 5.82. The van der Waals surface area contributed by atoms with Crippen LogP contribution in [0.3, 0.4) is 0 Å². The maximum Gasteiger partial charge on any atom is 0.133 e. The molecule has 0 heterocycles. The van der Waals surface area contributed by atoms with Gasteiger partial charge in [-0.2, -0.15) is 0 Å². The number of hydrogen-bond acceptors (Lipinski definition) is 2. The van der Waals surface area contributed by atoms with E-state index in [0.29, 0.717) is 12.8 Å². The highest BCUT2D eigenvalue weighted by Crippen LogP contribution is 2.36. The molecule has 1 aromatic rings. The molecule has 0 aliphatic rings. The molecule has 2 heteroatoms. The highest BCUT2D eigenvalue weighted by atomic mass is 16.5. The molecular formula is C18H28O2. The molecular weight excluding hydrogens is 248 g/mol. The van der Waals surface area contributed by atoms with Crippen molar-refractivity contribution < 1.29 is 9.84 Å². The van der Waals surface area contributed by atoms with Crippen LogP contribution in [0.4, 0.5) is 0 Å². The zero-order chi connectivity index (χ0) is 15.2. The van der Waals surface area contributed by atoms with Crippen molar-refractivity contribution in [3.05, 3.63) is 48.2 Å². The maximum absolute atomic E-state index is 10.7. The van der Waals surface area contributed by atoms with Gasteiger partial charge in [0.25, 0.3) is 0 Å². The lowest BCUT2D eigenvalue weighted by Crippen LogP contribution is -2.28. The minimum Gasteiger partial charge on any atom is -0.491 e. The zero-order valence-electron chi connectivity index (χ0n) is 13.3. The fraction of sp³-hybridized carbons (Fsp3) is 0.556. The lowest BCUT2D eigenvalue weighted by molar-refractivity contribution is 0.00839. The third kappa shape index (κ3) is 3.06. The van der Waals surface area contributed by atoms with Crippen molar-refractivity contribution in [1.82, 2.24) is 0 Å². The van der Waals surface area contributed by atoms with Gasteiger partial charge < -0.3 is 9.84 Å². The Balaban J connectivity index is 3.30. The van der Waals surface area contributed by atoms with Gasteiger partial charge in [-0.25, -0.2) is 0 Å². The van der Waals surface area contributed by atoms with Crippen LogP contribution in [-0.4, -0.2) is 5.11 Å². The standard InChI is InChI=1S/C18H28O2/c1-6-17(19,7-2)15-12-11-13-16(14-15)18(8-3,9-4)20-10-5/h10-14,19H,5-9H2,1-4H3. The van der Waals surface area contributed by atoms with E-state index in [0.717, 1.165) is 24.0 Å². The first-order valence-electron chi connectivity index (χ1n) is 7.64. The molecule has 1 N–H and O–H groups in total. The first-order chi connectivity index (χ1) is 9.51. The first kappa shape index (κ1) is 16.8. The van der Waals surface area contributed by atoms with E-state index in [-0.39, 0.29) is 5.60 Å². The van der Waals surface area contributed by atoms with Crippen LogP contribution >= 0.6 is 0 Å². The number of rotatable bonds is 8. The second-order valence-corrected chi connectivity index (χ2v) is 5.31. The van der Waals surface area contributed by atoms with Gasteiger partial charge in [-0.15, -0.1) is 0 Å². The summed E-state index contributed by atoms with van der Waals surface area (Å²) >= 11 is 0. The van der Waals surface area contributed by atoms with E-state index in [4.69, 9.17) is 4.74 Å². The number of ether oxygens (including phenoxy) is 1. The van der Waals surface area contributed by atoms with E-state index in [1.165, 1.54) is 6.26 Å². The van der Waals surface area contributed by atoms with Gasteiger partial charge in [0.15, 0.2) is 0 Å². The molecule has 0 saturated carbocycles. The predicted octanol–water partition coefficient (Wildman–Crippen LogP) is 4.87. The SMILES string of the molecule is C=COC(CC)(CC)c1cccc(C(O)(CC)CC)c1. The second kappa shape index (κ2) is 6.94. The van der Waals surface area contributed by atoms with Gasteiger partial charge in [0.2, 0.25) is 0 Å². The topological polar surface area (TPSA) is 29.5 Å². The van der Waals surface area contributed by atoms with Gasteiger partial charge >= 0.3 is 0 Å². The van der Waals surface area contributed by atoms with E-state index in [1.54, 1.807) is 0 Å². The summed E-state index contributed by atoms with van der Waals surface area (Å²) in [7, 11) is 0. The fourth-order valence-electron chi connectivity index (χ4n) is 2.80. The Morgan fingerprint density at radius 2 is 1.60 bits per heavy atom. The van der Waals surface area contributed by atoms with Crippen LogP contribution in [0.5, 0.6) is 0 Å². The van der Waals surface area contributed by atoms with Crippen LogP contribution in [0.2, 0.25) is 0 Å². The van der Waals surface area contributed by atoms with Gasteiger partial charge in [-0.1, -0.05) is 52.5 Å². The minimum atomic E-state index is -0.753. The lowest BCUT2D eigenvalue weighted by atomic mass is 9.82. The van der Waals surface area contributed by atoms with Crippen molar-refractivity contribution in [2.45, 2.75) is 64.6 Å². The Morgan fingerprint density at radius 3 is 2.05 bits per heavy atom. The molecule has 0 fully saturated rings. The summed E-state index contributed by atoms with van der Waals surface area (Å²) in [5.41, 5.74) is 0.983. The molecule has 0 radical (unpaired) electrons. The van der Waals surface area contributed by atoms with E-state index in [1.807, 2.05) is 26.0 Å². The summed E-state index contributed by atoms with van der Waals surface area (Å²) in [4.78, 5) is 0. The van der Waals surface area contributed by atoms with Crippen LogP contribution < -0.4 is 0 Å². The van der Waals surface area contributed by atoms with E-state index < -0.39 is 5.60 Å². The molecule has 20 heavy (non-hydrogen) atoms. The van der Waals surface area contributed by atoms with Gasteiger partial charge in [-0.05, 0) is 42.9 Å². The molecule has 0 unspecified atom stereocenters. The molecule has 0 aromatic heterocycles. The van der Waals surface area contributed by atoms with Gasteiger partial charge in [0.05, 0.1) is 11.9 Å². The lowest BCUT2D eigenvalue weighted by Gasteiger charge is -2.33. The van der Waals surface area contributed by atoms with Crippen molar-refractivity contribution in [2.75, 3.05) is 0 Å². The van der Waals surface area contributed by atoms with Crippen molar-refractivity contribution in [1.29, 1.82) is 0 Å². The van der Waals surface area contributed by atoms with Crippen LogP contribution in [0, 0.1) is 0 Å². The highest BCUT2D eigenvalue weighted by molar-refractivity contribution is 5.32. The zero-order valence-corrected chi connectivity index (χ0v) is 13.3. The van der Waals surface area contributed by atoms with Crippen molar-refractivity contribution in [3.8, 4) is 0 Å². The van der Waals surface area contributed by atoms with Crippen LogP contribution in [0.25, 0.3) is 0 Å². The second-order valence-electron chi connectivity index (χ2n) is 5.31. The summed E-state index contributed by atoms with van der Waals surface area (Å²) in [6.07, 6.45) is 4.68. The fourth-order valence-corrected chi connectivity index (χ4v) is 2.80. The normalized spacial score (nSPS) is 12.2. The summed E-state index contributed by atoms with van der Waals surface area (Å²) in [6, 6.07) is 8.17. The monoisotopic (exact) mass is 276 g/mol. The molecule has 1 aromatic carbocycles. The van der Waals surface area contributed by atoms with Crippen LogP contribution in [0.1, 0.15) is 64.5 Å². The predicted molar refractivity (Wildman–Crippen MR) is 84.5 cm³/mol. The van der Waals surface area contributed by atoms with Gasteiger partial charge in [0, 0.05) is 0 Å². The maximum atomic E-state index is 10.7. The molecule has 0 atom stereocenters. The van der Waals surface area contributed by atoms with E-state index in [9.17, 15) is 5.11 Å². The third-order valence-electron chi connectivity index (χ3n) is 4.55. The molecule has 0 bridgehead atoms. The van der Waals surface area contributed by atoms with Crippen molar-refractivity contribution in [3.63, 3.8) is 0 Å². The van der Waals surface area contributed by atoms with Gasteiger partial charge in [0.1, 0.15) is 5.60 Å². The van der Waals surface area contributed by atoms with E-state index in [2.05, 4.69) is 32.6 Å². The average molecular weight is 276 g/mol. The molecule has 0 aliphatic carbocycles. The Labute approximate surface area is 123 Å². The largest absolute Gasteiger partial charge is 0.491 e.